The van der Waals surface area contributed by atoms with E-state index in [1.54, 1.807) is 23.9 Å². The van der Waals surface area contributed by atoms with Crippen LogP contribution in [0.15, 0.2) is 24.3 Å². The molecule has 1 heterocycles. The van der Waals surface area contributed by atoms with E-state index in [9.17, 15) is 14.0 Å². The quantitative estimate of drug-likeness (QED) is 0.518. The van der Waals surface area contributed by atoms with Crippen LogP contribution in [0.4, 0.5) is 9.18 Å². The number of rotatable bonds is 9. The van der Waals surface area contributed by atoms with E-state index in [-0.39, 0.29) is 35.9 Å². The summed E-state index contributed by atoms with van der Waals surface area (Å²) in [5.41, 5.74) is 1.18. The number of carbonyl (C=O) groups excluding carboxylic acids is 2. The largest absolute Gasteiger partial charge is 0.376 e. The Morgan fingerprint density at radius 1 is 1.14 bits per heavy atom. The first-order valence-corrected chi connectivity index (χ1v) is 12.7. The Labute approximate surface area is 208 Å². The van der Waals surface area contributed by atoms with E-state index in [0.29, 0.717) is 25.6 Å². The molecule has 8 nitrogen and oxygen atoms in total. The summed E-state index contributed by atoms with van der Waals surface area (Å²) in [6.07, 6.45) is 4.79. The summed E-state index contributed by atoms with van der Waals surface area (Å²) in [5, 5.41) is 6.01. The molecular formula is C26H41FN4O4. The van der Waals surface area contributed by atoms with Crippen molar-refractivity contribution in [3.05, 3.63) is 35.6 Å². The summed E-state index contributed by atoms with van der Waals surface area (Å²) in [6, 6.07) is 6.20. The van der Waals surface area contributed by atoms with E-state index in [1.165, 1.54) is 24.8 Å². The van der Waals surface area contributed by atoms with Crippen molar-refractivity contribution in [1.82, 2.24) is 20.4 Å². The van der Waals surface area contributed by atoms with Crippen molar-refractivity contribution >= 4 is 11.9 Å². The van der Waals surface area contributed by atoms with Crippen LogP contribution in [0.2, 0.25) is 0 Å². The third-order valence-corrected chi connectivity index (χ3v) is 7.13. The number of amides is 3. The molecule has 2 N–H and O–H groups in total. The predicted molar refractivity (Wildman–Crippen MR) is 133 cm³/mol. The number of carbonyl (C=O) groups is 2. The Bertz CT molecular complexity index is 814. The standard InChI is InChI=1S/C26H41FN4O4/c1-5-28-26(33)31-16-6-7-22(29-24(32)25(34-4)30(2)3)23(31)17-35-21-14-10-19(11-15-21)18-8-12-20(27)13-9-18/h8-9,12-13,19,21-23,25H,5-7,10-11,14-17H2,1-4H3,(H,28,33)(H,29,32)/t19-,21+,22?,23?,25?. The van der Waals surface area contributed by atoms with Crippen molar-refractivity contribution < 1.29 is 23.5 Å². The van der Waals surface area contributed by atoms with Crippen LogP contribution in [-0.2, 0) is 14.3 Å². The summed E-state index contributed by atoms with van der Waals surface area (Å²) in [4.78, 5) is 29.2. The highest BCUT2D eigenvalue weighted by Gasteiger charge is 2.37. The minimum absolute atomic E-state index is 0.106. The zero-order chi connectivity index (χ0) is 25.4. The van der Waals surface area contributed by atoms with Gasteiger partial charge in [0.15, 0.2) is 6.23 Å². The average Bonchev–Trinajstić information content (AvgIpc) is 2.84. The maximum absolute atomic E-state index is 13.3. The van der Waals surface area contributed by atoms with Crippen LogP contribution in [0.3, 0.4) is 0 Å². The van der Waals surface area contributed by atoms with Gasteiger partial charge in [-0.3, -0.25) is 9.69 Å². The van der Waals surface area contributed by atoms with E-state index < -0.39 is 6.23 Å². The summed E-state index contributed by atoms with van der Waals surface area (Å²) in [6.45, 7) is 3.44. The Morgan fingerprint density at radius 3 is 2.43 bits per heavy atom. The highest BCUT2D eigenvalue weighted by atomic mass is 19.1. The molecule has 3 amide bonds. The maximum atomic E-state index is 13.3. The zero-order valence-corrected chi connectivity index (χ0v) is 21.5. The molecule has 1 saturated carbocycles. The van der Waals surface area contributed by atoms with Crippen molar-refractivity contribution in [1.29, 1.82) is 0 Å². The monoisotopic (exact) mass is 492 g/mol. The van der Waals surface area contributed by atoms with E-state index in [0.717, 1.165) is 38.5 Å². The first kappa shape index (κ1) is 27.4. The molecule has 1 aliphatic carbocycles. The Hall–Kier alpha value is -2.23. The smallest absolute Gasteiger partial charge is 0.317 e. The fraction of sp³-hybridized carbons (Fsp3) is 0.692. The molecule has 2 fully saturated rings. The molecule has 3 unspecified atom stereocenters. The first-order chi connectivity index (χ1) is 16.8. The number of hydrogen-bond donors (Lipinski definition) is 2. The second-order valence-electron chi connectivity index (χ2n) is 9.76. The van der Waals surface area contributed by atoms with Gasteiger partial charge in [-0.25, -0.2) is 9.18 Å². The molecule has 0 bridgehead atoms. The summed E-state index contributed by atoms with van der Waals surface area (Å²) in [7, 11) is 5.09. The van der Waals surface area contributed by atoms with E-state index in [2.05, 4.69) is 10.6 Å². The molecule has 3 atom stereocenters. The third kappa shape index (κ3) is 7.38. The van der Waals surface area contributed by atoms with Crippen LogP contribution in [0, 0.1) is 5.82 Å². The van der Waals surface area contributed by atoms with Gasteiger partial charge in [0.2, 0.25) is 0 Å². The van der Waals surface area contributed by atoms with Crippen molar-refractivity contribution in [2.75, 3.05) is 40.9 Å². The molecule has 196 valence electrons. The van der Waals surface area contributed by atoms with Crippen molar-refractivity contribution in [2.45, 2.75) is 75.8 Å². The number of likely N-dealkylation sites (tertiary alicyclic amines) is 1. The molecule has 1 aromatic rings. The maximum Gasteiger partial charge on any atom is 0.317 e. The average molecular weight is 493 g/mol. The van der Waals surface area contributed by atoms with Crippen molar-refractivity contribution in [3.8, 4) is 0 Å². The fourth-order valence-electron chi connectivity index (χ4n) is 5.28. The van der Waals surface area contributed by atoms with Gasteiger partial charge in [-0.05, 0) is 83.2 Å². The minimum Gasteiger partial charge on any atom is -0.376 e. The van der Waals surface area contributed by atoms with Crippen LogP contribution >= 0.6 is 0 Å². The SMILES string of the molecule is CCNC(=O)N1CCCC(NC(=O)C(OC)N(C)C)C1CO[C@H]1CC[C@@H](c2ccc(F)cc2)CC1. The van der Waals surface area contributed by atoms with Crippen molar-refractivity contribution in [2.24, 2.45) is 0 Å². The predicted octanol–water partition coefficient (Wildman–Crippen LogP) is 3.08. The van der Waals surface area contributed by atoms with Gasteiger partial charge in [-0.1, -0.05) is 12.1 Å². The summed E-state index contributed by atoms with van der Waals surface area (Å²) < 4.78 is 25.0. The number of halogens is 1. The third-order valence-electron chi connectivity index (χ3n) is 7.13. The Morgan fingerprint density at radius 2 is 1.83 bits per heavy atom. The van der Waals surface area contributed by atoms with Gasteiger partial charge in [-0.15, -0.1) is 0 Å². The molecular weight excluding hydrogens is 451 g/mol. The van der Waals surface area contributed by atoms with E-state index >= 15 is 0 Å². The van der Waals surface area contributed by atoms with Gasteiger partial charge >= 0.3 is 6.03 Å². The van der Waals surface area contributed by atoms with Gasteiger partial charge in [0.25, 0.3) is 5.91 Å². The van der Waals surface area contributed by atoms with E-state index in [4.69, 9.17) is 9.47 Å². The first-order valence-electron chi connectivity index (χ1n) is 12.7. The number of likely N-dealkylation sites (N-methyl/N-ethyl adjacent to an activating group) is 1. The van der Waals surface area contributed by atoms with Gasteiger partial charge in [0, 0.05) is 20.2 Å². The summed E-state index contributed by atoms with van der Waals surface area (Å²) >= 11 is 0. The summed E-state index contributed by atoms with van der Waals surface area (Å²) in [5.74, 6) is -0.00923. The van der Waals surface area contributed by atoms with Gasteiger partial charge in [-0.2, -0.15) is 0 Å². The van der Waals surface area contributed by atoms with Crippen LogP contribution < -0.4 is 10.6 Å². The number of methoxy groups -OCH3 is 1. The lowest BCUT2D eigenvalue weighted by atomic mass is 9.82. The normalized spacial score (nSPS) is 25.8. The minimum atomic E-state index is -0.696. The molecule has 35 heavy (non-hydrogen) atoms. The zero-order valence-electron chi connectivity index (χ0n) is 21.5. The second kappa shape index (κ2) is 13.2. The van der Waals surface area contributed by atoms with Crippen LogP contribution in [0.5, 0.6) is 0 Å². The molecule has 0 spiro atoms. The van der Waals surface area contributed by atoms with Gasteiger partial charge in [0.1, 0.15) is 5.82 Å². The molecule has 9 heteroatoms. The number of hydrogen-bond acceptors (Lipinski definition) is 5. The highest BCUT2D eigenvalue weighted by molar-refractivity contribution is 5.81. The number of benzene rings is 1. The van der Waals surface area contributed by atoms with Gasteiger partial charge < -0.3 is 25.0 Å². The number of nitrogens with zero attached hydrogens (tertiary/aromatic N) is 2. The number of ether oxygens (including phenoxy) is 2. The molecule has 1 aliphatic heterocycles. The second-order valence-corrected chi connectivity index (χ2v) is 9.76. The van der Waals surface area contributed by atoms with Crippen LogP contribution in [0.1, 0.15) is 56.9 Å². The number of urea groups is 1. The Balaban J connectivity index is 1.62. The lowest BCUT2D eigenvalue weighted by molar-refractivity contribution is -0.142. The van der Waals surface area contributed by atoms with Crippen LogP contribution in [0.25, 0.3) is 0 Å². The Kier molecular flexibility index (Phi) is 10.3. The fourth-order valence-corrected chi connectivity index (χ4v) is 5.28. The molecule has 0 aromatic heterocycles. The molecule has 2 aliphatic rings. The lowest BCUT2D eigenvalue weighted by Crippen LogP contribution is -2.62. The number of nitrogens with one attached hydrogen (secondary N) is 2. The molecule has 1 saturated heterocycles. The number of piperidine rings is 1. The van der Waals surface area contributed by atoms with Crippen molar-refractivity contribution in [3.63, 3.8) is 0 Å². The lowest BCUT2D eigenvalue weighted by Gasteiger charge is -2.42. The molecule has 3 rings (SSSR count). The van der Waals surface area contributed by atoms with Gasteiger partial charge in [0.05, 0.1) is 24.8 Å². The molecule has 1 aromatic carbocycles. The highest BCUT2D eigenvalue weighted by Crippen LogP contribution is 2.34. The van der Waals surface area contributed by atoms with E-state index in [1.807, 2.05) is 19.1 Å². The van der Waals surface area contributed by atoms with Crippen LogP contribution in [-0.4, -0.2) is 87.1 Å². The molecule has 0 radical (unpaired) electrons. The topological polar surface area (TPSA) is 83.1 Å².